The summed E-state index contributed by atoms with van der Waals surface area (Å²) >= 11 is 0. The van der Waals surface area contributed by atoms with Crippen LogP contribution in [0.25, 0.3) is 0 Å². The minimum Gasteiger partial charge on any atom is -0.478 e. The van der Waals surface area contributed by atoms with E-state index in [9.17, 15) is 4.79 Å². The lowest BCUT2D eigenvalue weighted by Crippen LogP contribution is -1.88. The Morgan fingerprint density at radius 2 is 2.44 bits per heavy atom. The second kappa shape index (κ2) is 3.67. The van der Waals surface area contributed by atoms with Gasteiger partial charge in [0.1, 0.15) is 0 Å². The fourth-order valence-electron chi connectivity index (χ4n) is 0.387. The van der Waals surface area contributed by atoms with E-state index in [-0.39, 0.29) is 6.42 Å². The molecule has 1 N–H and O–H groups in total. The number of nitriles is 1. The van der Waals surface area contributed by atoms with Crippen molar-refractivity contribution in [3.8, 4) is 6.07 Å². The first kappa shape index (κ1) is 7.70. The minimum absolute atomic E-state index is 0.187. The summed E-state index contributed by atoms with van der Waals surface area (Å²) in [5.41, 5.74) is 0.574. The first-order valence-corrected chi connectivity index (χ1v) is 2.44. The number of hydrogen-bond acceptors (Lipinski definition) is 2. The summed E-state index contributed by atoms with van der Waals surface area (Å²) in [6.07, 6.45) is 1.22. The Hall–Kier alpha value is -1.30. The van der Waals surface area contributed by atoms with Crippen LogP contribution in [-0.2, 0) is 4.79 Å². The van der Waals surface area contributed by atoms with Gasteiger partial charge in [-0.25, -0.2) is 4.79 Å². The molecular formula is C6H7NO2. The van der Waals surface area contributed by atoms with Crippen LogP contribution in [0, 0.1) is 11.3 Å². The molecule has 0 aromatic carbocycles. The Kier molecular flexibility index (Phi) is 3.14. The summed E-state index contributed by atoms with van der Waals surface area (Å²) in [7, 11) is 0. The van der Waals surface area contributed by atoms with E-state index in [1.165, 1.54) is 0 Å². The second-order valence-electron chi connectivity index (χ2n) is 1.66. The van der Waals surface area contributed by atoms with Crippen LogP contribution in [0.2, 0.25) is 0 Å². The number of rotatable bonds is 2. The fourth-order valence-corrected chi connectivity index (χ4v) is 0.387. The highest BCUT2D eigenvalue weighted by Gasteiger charge is 1.90. The van der Waals surface area contributed by atoms with Crippen molar-refractivity contribution in [2.45, 2.75) is 13.3 Å². The highest BCUT2D eigenvalue weighted by atomic mass is 16.4. The molecule has 0 aliphatic carbocycles. The van der Waals surface area contributed by atoms with E-state index < -0.39 is 5.97 Å². The molecule has 0 saturated heterocycles. The predicted molar refractivity (Wildman–Crippen MR) is 31.6 cm³/mol. The lowest BCUT2D eigenvalue weighted by atomic mass is 10.2. The SMILES string of the molecule is C/C(=C/C(=O)O)CC#N. The van der Waals surface area contributed by atoms with E-state index in [0.29, 0.717) is 5.57 Å². The number of hydrogen-bond donors (Lipinski definition) is 1. The van der Waals surface area contributed by atoms with E-state index in [0.717, 1.165) is 6.08 Å². The standard InChI is InChI=1S/C6H7NO2/c1-5(2-3-7)4-6(8)9/h4H,2H2,1H3,(H,8,9)/b5-4-. The molecule has 0 aromatic heterocycles. The van der Waals surface area contributed by atoms with Crippen LogP contribution in [0.1, 0.15) is 13.3 Å². The van der Waals surface area contributed by atoms with Gasteiger partial charge in [-0.3, -0.25) is 0 Å². The van der Waals surface area contributed by atoms with Crippen molar-refractivity contribution in [2.24, 2.45) is 0 Å². The highest BCUT2D eigenvalue weighted by Crippen LogP contribution is 1.95. The van der Waals surface area contributed by atoms with Crippen molar-refractivity contribution in [3.05, 3.63) is 11.6 Å². The van der Waals surface area contributed by atoms with Crippen molar-refractivity contribution in [1.82, 2.24) is 0 Å². The lowest BCUT2D eigenvalue weighted by Gasteiger charge is -1.85. The Labute approximate surface area is 53.2 Å². The molecule has 48 valence electrons. The van der Waals surface area contributed by atoms with Crippen LogP contribution < -0.4 is 0 Å². The van der Waals surface area contributed by atoms with Crippen molar-refractivity contribution in [2.75, 3.05) is 0 Å². The third-order valence-electron chi connectivity index (χ3n) is 0.728. The quantitative estimate of drug-likeness (QED) is 0.558. The van der Waals surface area contributed by atoms with E-state index in [2.05, 4.69) is 0 Å². The molecule has 0 heterocycles. The van der Waals surface area contributed by atoms with Crippen LogP contribution in [0.3, 0.4) is 0 Å². The number of carboxylic acid groups (broad SMARTS) is 1. The molecule has 3 nitrogen and oxygen atoms in total. The van der Waals surface area contributed by atoms with Crippen LogP contribution >= 0.6 is 0 Å². The van der Waals surface area contributed by atoms with Crippen LogP contribution in [0.5, 0.6) is 0 Å². The molecular weight excluding hydrogens is 118 g/mol. The average molecular weight is 125 g/mol. The first-order chi connectivity index (χ1) is 4.16. The third-order valence-corrected chi connectivity index (χ3v) is 0.728. The number of aliphatic carboxylic acids is 1. The van der Waals surface area contributed by atoms with Gasteiger partial charge in [-0.15, -0.1) is 0 Å². The average Bonchev–Trinajstić information content (AvgIpc) is 1.63. The fraction of sp³-hybridized carbons (Fsp3) is 0.333. The zero-order chi connectivity index (χ0) is 7.28. The molecule has 0 amide bonds. The maximum Gasteiger partial charge on any atom is 0.328 e. The highest BCUT2D eigenvalue weighted by molar-refractivity contribution is 5.80. The number of carboxylic acids is 1. The summed E-state index contributed by atoms with van der Waals surface area (Å²) in [5.74, 6) is -0.997. The molecule has 0 fully saturated rings. The summed E-state index contributed by atoms with van der Waals surface area (Å²) < 4.78 is 0. The Balaban J connectivity index is 3.88. The molecule has 0 atom stereocenters. The molecule has 0 bridgehead atoms. The van der Waals surface area contributed by atoms with Gasteiger partial charge in [-0.1, -0.05) is 5.57 Å². The van der Waals surface area contributed by atoms with Gasteiger partial charge in [0.15, 0.2) is 0 Å². The minimum atomic E-state index is -0.997. The van der Waals surface area contributed by atoms with E-state index >= 15 is 0 Å². The number of nitrogens with zero attached hydrogens (tertiary/aromatic N) is 1. The topological polar surface area (TPSA) is 61.1 Å². The monoisotopic (exact) mass is 125 g/mol. The zero-order valence-electron chi connectivity index (χ0n) is 5.09. The maximum atomic E-state index is 9.90. The molecule has 0 unspecified atom stereocenters. The molecule has 0 aliphatic heterocycles. The molecule has 0 aromatic rings. The number of carbonyl (C=O) groups is 1. The van der Waals surface area contributed by atoms with Gasteiger partial charge < -0.3 is 5.11 Å². The largest absolute Gasteiger partial charge is 0.478 e. The Bertz CT molecular complexity index is 176. The van der Waals surface area contributed by atoms with Crippen LogP contribution in [0.15, 0.2) is 11.6 Å². The third kappa shape index (κ3) is 4.56. The van der Waals surface area contributed by atoms with Gasteiger partial charge in [0.25, 0.3) is 0 Å². The molecule has 0 saturated carbocycles. The van der Waals surface area contributed by atoms with Gasteiger partial charge in [0, 0.05) is 6.08 Å². The molecule has 3 heteroatoms. The predicted octanol–water partition coefficient (Wildman–Crippen LogP) is 0.931. The number of allylic oxidation sites excluding steroid dienone is 1. The Morgan fingerprint density at radius 3 is 2.78 bits per heavy atom. The van der Waals surface area contributed by atoms with Crippen LogP contribution in [-0.4, -0.2) is 11.1 Å². The summed E-state index contributed by atoms with van der Waals surface area (Å²) in [4.78, 5) is 9.90. The van der Waals surface area contributed by atoms with Gasteiger partial charge >= 0.3 is 5.97 Å². The normalized spacial score (nSPS) is 10.4. The summed E-state index contributed by atoms with van der Waals surface area (Å²) in [6, 6.07) is 1.84. The molecule has 0 rings (SSSR count). The summed E-state index contributed by atoms with van der Waals surface area (Å²) in [6.45, 7) is 1.61. The van der Waals surface area contributed by atoms with Crippen molar-refractivity contribution in [3.63, 3.8) is 0 Å². The molecule has 0 aliphatic rings. The van der Waals surface area contributed by atoms with E-state index in [4.69, 9.17) is 10.4 Å². The summed E-state index contributed by atoms with van der Waals surface area (Å²) in [5, 5.41) is 16.2. The molecule has 0 spiro atoms. The zero-order valence-corrected chi connectivity index (χ0v) is 5.09. The van der Waals surface area contributed by atoms with Gasteiger partial charge in [-0.05, 0) is 6.92 Å². The maximum absolute atomic E-state index is 9.90. The molecule has 9 heavy (non-hydrogen) atoms. The van der Waals surface area contributed by atoms with Gasteiger partial charge in [0.2, 0.25) is 0 Å². The van der Waals surface area contributed by atoms with Crippen molar-refractivity contribution in [1.29, 1.82) is 5.26 Å². The van der Waals surface area contributed by atoms with Crippen LogP contribution in [0.4, 0.5) is 0 Å². The van der Waals surface area contributed by atoms with Crippen molar-refractivity contribution >= 4 is 5.97 Å². The first-order valence-electron chi connectivity index (χ1n) is 2.44. The van der Waals surface area contributed by atoms with Gasteiger partial charge in [0.05, 0.1) is 12.5 Å². The smallest absolute Gasteiger partial charge is 0.328 e. The lowest BCUT2D eigenvalue weighted by molar-refractivity contribution is -0.131. The van der Waals surface area contributed by atoms with E-state index in [1.807, 2.05) is 6.07 Å². The Morgan fingerprint density at radius 1 is 1.89 bits per heavy atom. The van der Waals surface area contributed by atoms with E-state index in [1.54, 1.807) is 6.92 Å². The molecule has 0 radical (unpaired) electrons. The van der Waals surface area contributed by atoms with Crippen molar-refractivity contribution < 1.29 is 9.90 Å². The van der Waals surface area contributed by atoms with Gasteiger partial charge in [-0.2, -0.15) is 5.26 Å². The second-order valence-corrected chi connectivity index (χ2v) is 1.66.